The van der Waals surface area contributed by atoms with E-state index in [9.17, 15) is 28.8 Å². The van der Waals surface area contributed by atoms with Crippen LogP contribution >= 0.6 is 0 Å². The lowest BCUT2D eigenvalue weighted by Gasteiger charge is -2.28. The molecule has 1 aromatic rings. The first-order chi connectivity index (χ1) is 17.2. The number of hydrogen-bond donors (Lipinski definition) is 2. The maximum atomic E-state index is 12.2. The fourth-order valence-corrected chi connectivity index (χ4v) is 3.59. The van der Waals surface area contributed by atoms with E-state index in [4.69, 9.17) is 4.74 Å². The standard InChI is InChI=1S/C25H30N4O7/c1-16(2)19-12-24(34)29(25(19)35)14-20(30)26-8-10-36-15-21(31)27-13-18-5-3-17(4-6-18)11-23(33)28-9-7-22(28)32/h3-6,12,16H,7-11,13-15H2,1-2H3,(H,26,30)(H,27,31). The molecule has 6 amide bonds. The molecule has 2 N–H and O–H groups in total. The summed E-state index contributed by atoms with van der Waals surface area (Å²) in [5.74, 6) is -2.25. The number of amides is 6. The summed E-state index contributed by atoms with van der Waals surface area (Å²) in [5.41, 5.74) is 2.01. The van der Waals surface area contributed by atoms with Crippen LogP contribution in [-0.4, -0.2) is 78.1 Å². The molecule has 11 nitrogen and oxygen atoms in total. The largest absolute Gasteiger partial charge is 0.370 e. The molecule has 1 aromatic carbocycles. The predicted molar refractivity (Wildman–Crippen MR) is 127 cm³/mol. The third-order valence-corrected chi connectivity index (χ3v) is 5.78. The van der Waals surface area contributed by atoms with E-state index in [1.54, 1.807) is 38.1 Å². The fourth-order valence-electron chi connectivity index (χ4n) is 3.59. The van der Waals surface area contributed by atoms with Gasteiger partial charge >= 0.3 is 0 Å². The molecular formula is C25H30N4O7. The van der Waals surface area contributed by atoms with E-state index < -0.39 is 17.7 Å². The minimum absolute atomic E-state index is 0.0821. The van der Waals surface area contributed by atoms with Crippen molar-refractivity contribution in [1.29, 1.82) is 0 Å². The number of carbonyl (C=O) groups excluding carboxylic acids is 6. The molecule has 2 aliphatic rings. The number of nitrogens with zero attached hydrogens (tertiary/aromatic N) is 2. The molecule has 0 aliphatic carbocycles. The summed E-state index contributed by atoms with van der Waals surface area (Å²) >= 11 is 0. The zero-order chi connectivity index (χ0) is 26.2. The number of rotatable bonds is 12. The SMILES string of the molecule is CC(C)C1=CC(=O)N(CC(=O)NCCOCC(=O)NCc2ccc(CC(=O)N3CCC3=O)cc2)C1=O. The number of β-lactam (4-membered cyclic amide) rings is 1. The summed E-state index contributed by atoms with van der Waals surface area (Å²) in [6.45, 7) is 4.00. The molecule has 0 saturated carbocycles. The van der Waals surface area contributed by atoms with Crippen LogP contribution < -0.4 is 10.6 Å². The van der Waals surface area contributed by atoms with Gasteiger partial charge in [0, 0.05) is 37.7 Å². The lowest BCUT2D eigenvalue weighted by Crippen LogP contribution is -2.48. The number of likely N-dealkylation sites (tertiary alicyclic amines) is 1. The van der Waals surface area contributed by atoms with Crippen molar-refractivity contribution in [2.45, 2.75) is 33.2 Å². The Morgan fingerprint density at radius 3 is 2.28 bits per heavy atom. The van der Waals surface area contributed by atoms with Crippen LogP contribution in [0.5, 0.6) is 0 Å². The first-order valence-corrected chi connectivity index (χ1v) is 11.7. The van der Waals surface area contributed by atoms with Crippen molar-refractivity contribution >= 4 is 35.4 Å². The van der Waals surface area contributed by atoms with Gasteiger partial charge in [-0.3, -0.25) is 38.6 Å². The van der Waals surface area contributed by atoms with Gasteiger partial charge in [0.25, 0.3) is 11.8 Å². The van der Waals surface area contributed by atoms with E-state index in [0.717, 1.165) is 16.0 Å². The van der Waals surface area contributed by atoms with E-state index in [-0.39, 0.29) is 62.9 Å². The smallest absolute Gasteiger partial charge is 0.257 e. The van der Waals surface area contributed by atoms with E-state index in [2.05, 4.69) is 10.6 Å². The summed E-state index contributed by atoms with van der Waals surface area (Å²) in [5, 5.41) is 5.26. The molecule has 0 bridgehead atoms. The average molecular weight is 499 g/mol. The lowest BCUT2D eigenvalue weighted by atomic mass is 10.0. The maximum absolute atomic E-state index is 12.2. The average Bonchev–Trinajstić information content (AvgIpc) is 3.11. The molecule has 2 heterocycles. The summed E-state index contributed by atoms with van der Waals surface area (Å²) in [6.07, 6.45) is 1.83. The Morgan fingerprint density at radius 1 is 1.00 bits per heavy atom. The van der Waals surface area contributed by atoms with Crippen molar-refractivity contribution in [2.24, 2.45) is 5.92 Å². The van der Waals surface area contributed by atoms with Gasteiger partial charge in [0.05, 0.1) is 13.0 Å². The molecule has 0 radical (unpaired) electrons. The minimum atomic E-state index is -0.502. The first-order valence-electron chi connectivity index (χ1n) is 11.7. The maximum Gasteiger partial charge on any atom is 0.257 e. The van der Waals surface area contributed by atoms with Gasteiger partial charge in [0.15, 0.2) is 0 Å². The van der Waals surface area contributed by atoms with Gasteiger partial charge in [-0.2, -0.15) is 0 Å². The van der Waals surface area contributed by atoms with Crippen LogP contribution in [0.2, 0.25) is 0 Å². The van der Waals surface area contributed by atoms with Crippen molar-refractivity contribution in [3.8, 4) is 0 Å². The molecule has 3 rings (SSSR count). The van der Waals surface area contributed by atoms with Crippen LogP contribution in [0.3, 0.4) is 0 Å². The number of carbonyl (C=O) groups is 6. The van der Waals surface area contributed by atoms with Crippen LogP contribution in [0.4, 0.5) is 0 Å². The van der Waals surface area contributed by atoms with Crippen molar-refractivity contribution in [3.63, 3.8) is 0 Å². The van der Waals surface area contributed by atoms with Gasteiger partial charge in [-0.05, 0) is 17.0 Å². The Hall–Kier alpha value is -3.86. The topological polar surface area (TPSA) is 142 Å². The van der Waals surface area contributed by atoms with Gasteiger partial charge in [-0.1, -0.05) is 38.1 Å². The van der Waals surface area contributed by atoms with Gasteiger partial charge in [-0.15, -0.1) is 0 Å². The second-order valence-electron chi connectivity index (χ2n) is 8.85. The first kappa shape index (κ1) is 26.7. The van der Waals surface area contributed by atoms with Gasteiger partial charge < -0.3 is 15.4 Å². The van der Waals surface area contributed by atoms with Crippen molar-refractivity contribution in [3.05, 3.63) is 47.0 Å². The number of benzene rings is 1. The summed E-state index contributed by atoms with van der Waals surface area (Å²) in [6, 6.07) is 7.16. The number of nitrogens with one attached hydrogen (secondary N) is 2. The van der Waals surface area contributed by atoms with Crippen LogP contribution in [0.15, 0.2) is 35.9 Å². The molecule has 0 aromatic heterocycles. The zero-order valence-corrected chi connectivity index (χ0v) is 20.4. The molecular weight excluding hydrogens is 468 g/mol. The highest BCUT2D eigenvalue weighted by Gasteiger charge is 2.33. The van der Waals surface area contributed by atoms with Gasteiger partial charge in [0.1, 0.15) is 13.2 Å². The van der Waals surface area contributed by atoms with E-state index in [1.807, 2.05) is 0 Å². The van der Waals surface area contributed by atoms with E-state index >= 15 is 0 Å². The normalized spacial score (nSPS) is 15.2. The van der Waals surface area contributed by atoms with Crippen LogP contribution in [0.25, 0.3) is 0 Å². The molecule has 0 spiro atoms. The van der Waals surface area contributed by atoms with Crippen LogP contribution in [0, 0.1) is 5.92 Å². The van der Waals surface area contributed by atoms with Crippen molar-refractivity contribution in [1.82, 2.24) is 20.4 Å². The third kappa shape index (κ3) is 7.08. The second kappa shape index (κ2) is 12.2. The summed E-state index contributed by atoms with van der Waals surface area (Å²) in [7, 11) is 0. The number of imide groups is 2. The highest BCUT2D eigenvalue weighted by molar-refractivity contribution is 6.17. The van der Waals surface area contributed by atoms with Crippen LogP contribution in [-0.2, 0) is 46.5 Å². The molecule has 0 unspecified atom stereocenters. The van der Waals surface area contributed by atoms with E-state index in [0.29, 0.717) is 18.5 Å². The summed E-state index contributed by atoms with van der Waals surface area (Å²) < 4.78 is 5.25. The Bertz CT molecular complexity index is 1080. The fraction of sp³-hybridized carbons (Fsp3) is 0.440. The molecule has 11 heteroatoms. The number of hydrogen-bond acceptors (Lipinski definition) is 7. The van der Waals surface area contributed by atoms with Crippen LogP contribution in [0.1, 0.15) is 31.4 Å². The second-order valence-corrected chi connectivity index (χ2v) is 8.85. The Kier molecular flexibility index (Phi) is 9.07. The molecule has 192 valence electrons. The van der Waals surface area contributed by atoms with Gasteiger partial charge in [-0.25, -0.2) is 0 Å². The van der Waals surface area contributed by atoms with E-state index in [1.165, 1.54) is 11.0 Å². The highest BCUT2D eigenvalue weighted by Crippen LogP contribution is 2.19. The zero-order valence-electron chi connectivity index (χ0n) is 20.4. The van der Waals surface area contributed by atoms with Gasteiger partial charge in [0.2, 0.25) is 23.6 Å². The monoisotopic (exact) mass is 498 g/mol. The number of ether oxygens (including phenoxy) is 1. The van der Waals surface area contributed by atoms with Crippen molar-refractivity contribution < 1.29 is 33.5 Å². The minimum Gasteiger partial charge on any atom is -0.370 e. The third-order valence-electron chi connectivity index (χ3n) is 5.78. The quantitative estimate of drug-likeness (QED) is 0.229. The molecule has 1 saturated heterocycles. The predicted octanol–water partition coefficient (Wildman–Crippen LogP) is -0.312. The van der Waals surface area contributed by atoms with Crippen molar-refractivity contribution in [2.75, 3.05) is 32.8 Å². The Morgan fingerprint density at radius 2 is 1.69 bits per heavy atom. The Labute approximate surface area is 208 Å². The molecule has 1 fully saturated rings. The lowest BCUT2D eigenvalue weighted by molar-refractivity contribution is -0.152. The summed E-state index contributed by atoms with van der Waals surface area (Å²) in [4.78, 5) is 73.6. The Balaban J connectivity index is 1.26. The molecule has 36 heavy (non-hydrogen) atoms. The highest BCUT2D eigenvalue weighted by atomic mass is 16.5. The molecule has 0 atom stereocenters. The molecule has 2 aliphatic heterocycles.